The van der Waals surface area contributed by atoms with Gasteiger partial charge in [0.25, 0.3) is 0 Å². The average Bonchev–Trinajstić information content (AvgIpc) is 2.93. The third kappa shape index (κ3) is 3.18. The molecular formula is C17H28N2. The van der Waals surface area contributed by atoms with Gasteiger partial charge >= 0.3 is 0 Å². The van der Waals surface area contributed by atoms with Gasteiger partial charge in [0, 0.05) is 18.6 Å². The highest BCUT2D eigenvalue weighted by Crippen LogP contribution is 2.31. The summed E-state index contributed by atoms with van der Waals surface area (Å²) in [7, 11) is 0. The minimum atomic E-state index is 0.382. The number of nitrogens with two attached hydrogens (primary N) is 1. The second-order valence-corrected chi connectivity index (χ2v) is 5.86. The average molecular weight is 260 g/mol. The molecule has 1 aliphatic carbocycles. The van der Waals surface area contributed by atoms with Gasteiger partial charge in [-0.05, 0) is 49.9 Å². The highest BCUT2D eigenvalue weighted by molar-refractivity contribution is 5.32. The minimum Gasteiger partial charge on any atom is -0.329 e. The van der Waals surface area contributed by atoms with Crippen molar-refractivity contribution in [1.82, 2.24) is 4.90 Å². The van der Waals surface area contributed by atoms with Crippen LogP contribution < -0.4 is 5.73 Å². The zero-order valence-electron chi connectivity index (χ0n) is 12.7. The summed E-state index contributed by atoms with van der Waals surface area (Å²) in [6.07, 6.45) is 5.45. The molecule has 1 unspecified atom stereocenters. The van der Waals surface area contributed by atoms with E-state index >= 15 is 0 Å². The van der Waals surface area contributed by atoms with Crippen molar-refractivity contribution < 1.29 is 0 Å². The second kappa shape index (κ2) is 6.53. The van der Waals surface area contributed by atoms with Crippen molar-refractivity contribution in [3.63, 3.8) is 0 Å². The van der Waals surface area contributed by atoms with Crippen LogP contribution in [0.1, 0.15) is 55.3 Å². The Labute approximate surface area is 118 Å². The van der Waals surface area contributed by atoms with E-state index in [1.54, 1.807) is 0 Å². The topological polar surface area (TPSA) is 29.3 Å². The van der Waals surface area contributed by atoms with Crippen molar-refractivity contribution in [3.8, 4) is 0 Å². The summed E-state index contributed by atoms with van der Waals surface area (Å²) in [5.74, 6) is 0. The lowest BCUT2D eigenvalue weighted by atomic mass is 9.98. The molecule has 1 aliphatic rings. The van der Waals surface area contributed by atoms with Gasteiger partial charge < -0.3 is 5.73 Å². The van der Waals surface area contributed by atoms with E-state index in [0.29, 0.717) is 12.6 Å². The predicted molar refractivity (Wildman–Crippen MR) is 82.3 cm³/mol. The second-order valence-electron chi connectivity index (χ2n) is 5.86. The largest absolute Gasteiger partial charge is 0.329 e. The SMILES string of the molecule is CCN(C1CCCC1)C(CN)c1ccc(C)c(C)c1. The van der Waals surface area contributed by atoms with Crippen molar-refractivity contribution in [2.45, 2.75) is 58.5 Å². The Bertz CT molecular complexity index is 408. The molecule has 0 spiro atoms. The number of likely N-dealkylation sites (N-methyl/N-ethyl adjacent to an activating group) is 1. The lowest BCUT2D eigenvalue weighted by Gasteiger charge is -2.35. The van der Waals surface area contributed by atoms with E-state index in [0.717, 1.165) is 12.6 Å². The summed E-state index contributed by atoms with van der Waals surface area (Å²) in [4.78, 5) is 2.62. The lowest BCUT2D eigenvalue weighted by Crippen LogP contribution is -2.40. The first-order valence-electron chi connectivity index (χ1n) is 7.70. The van der Waals surface area contributed by atoms with E-state index in [-0.39, 0.29) is 0 Å². The first kappa shape index (κ1) is 14.5. The highest BCUT2D eigenvalue weighted by atomic mass is 15.2. The first-order valence-corrected chi connectivity index (χ1v) is 7.70. The molecule has 106 valence electrons. The molecule has 1 atom stereocenters. The van der Waals surface area contributed by atoms with Gasteiger partial charge in [0.05, 0.1) is 0 Å². The summed E-state index contributed by atoms with van der Waals surface area (Å²) in [5, 5.41) is 0. The van der Waals surface area contributed by atoms with Crippen LogP contribution in [-0.4, -0.2) is 24.0 Å². The molecule has 2 rings (SSSR count). The molecule has 1 fully saturated rings. The van der Waals surface area contributed by atoms with Crippen LogP contribution in [0, 0.1) is 13.8 Å². The molecule has 2 heteroatoms. The molecule has 1 aromatic carbocycles. The van der Waals surface area contributed by atoms with Crippen molar-refractivity contribution in [2.24, 2.45) is 5.73 Å². The predicted octanol–water partition coefficient (Wildman–Crippen LogP) is 3.57. The molecule has 0 aromatic heterocycles. The number of hydrogen-bond acceptors (Lipinski definition) is 2. The molecule has 0 aliphatic heterocycles. The van der Waals surface area contributed by atoms with Crippen LogP contribution in [-0.2, 0) is 0 Å². The van der Waals surface area contributed by atoms with Crippen LogP contribution in [0.2, 0.25) is 0 Å². The fourth-order valence-electron chi connectivity index (χ4n) is 3.40. The zero-order valence-corrected chi connectivity index (χ0v) is 12.7. The summed E-state index contributed by atoms with van der Waals surface area (Å²) < 4.78 is 0. The lowest BCUT2D eigenvalue weighted by molar-refractivity contribution is 0.147. The summed E-state index contributed by atoms with van der Waals surface area (Å²) in [6, 6.07) is 7.94. The van der Waals surface area contributed by atoms with E-state index in [2.05, 4.69) is 43.9 Å². The monoisotopic (exact) mass is 260 g/mol. The van der Waals surface area contributed by atoms with Crippen LogP contribution in [0.5, 0.6) is 0 Å². The van der Waals surface area contributed by atoms with Crippen LogP contribution in [0.3, 0.4) is 0 Å². The van der Waals surface area contributed by atoms with Gasteiger partial charge in [-0.15, -0.1) is 0 Å². The first-order chi connectivity index (χ1) is 9.17. The van der Waals surface area contributed by atoms with Crippen molar-refractivity contribution >= 4 is 0 Å². The van der Waals surface area contributed by atoms with Crippen LogP contribution in [0.15, 0.2) is 18.2 Å². The number of nitrogens with zero attached hydrogens (tertiary/aromatic N) is 1. The van der Waals surface area contributed by atoms with Gasteiger partial charge in [0.1, 0.15) is 0 Å². The zero-order chi connectivity index (χ0) is 13.8. The summed E-state index contributed by atoms with van der Waals surface area (Å²) in [5.41, 5.74) is 10.2. The molecule has 0 radical (unpaired) electrons. The van der Waals surface area contributed by atoms with E-state index < -0.39 is 0 Å². The number of hydrogen-bond donors (Lipinski definition) is 1. The van der Waals surface area contributed by atoms with Crippen LogP contribution in [0.4, 0.5) is 0 Å². The molecule has 2 nitrogen and oxygen atoms in total. The van der Waals surface area contributed by atoms with E-state index in [4.69, 9.17) is 5.73 Å². The number of aryl methyl sites for hydroxylation is 2. The Balaban J connectivity index is 2.23. The van der Waals surface area contributed by atoms with E-state index in [1.165, 1.54) is 42.4 Å². The molecule has 0 heterocycles. The van der Waals surface area contributed by atoms with Crippen molar-refractivity contribution in [1.29, 1.82) is 0 Å². The molecule has 19 heavy (non-hydrogen) atoms. The van der Waals surface area contributed by atoms with E-state index in [1.807, 2.05) is 0 Å². The molecule has 1 saturated carbocycles. The van der Waals surface area contributed by atoms with Gasteiger partial charge in [-0.2, -0.15) is 0 Å². The minimum absolute atomic E-state index is 0.382. The van der Waals surface area contributed by atoms with Gasteiger partial charge in [-0.3, -0.25) is 4.90 Å². The standard InChI is InChI=1S/C17H28N2/c1-4-19(16-7-5-6-8-16)17(12-18)15-10-9-13(2)14(3)11-15/h9-11,16-17H,4-8,12,18H2,1-3H3. The maximum absolute atomic E-state index is 6.10. The summed E-state index contributed by atoms with van der Waals surface area (Å²) in [6.45, 7) is 8.44. The van der Waals surface area contributed by atoms with Gasteiger partial charge in [-0.1, -0.05) is 38.0 Å². The van der Waals surface area contributed by atoms with Crippen molar-refractivity contribution in [3.05, 3.63) is 34.9 Å². The van der Waals surface area contributed by atoms with Gasteiger partial charge in [0.2, 0.25) is 0 Å². The Morgan fingerprint density at radius 2 is 1.89 bits per heavy atom. The summed E-state index contributed by atoms with van der Waals surface area (Å²) >= 11 is 0. The fourth-order valence-corrected chi connectivity index (χ4v) is 3.40. The third-order valence-electron chi connectivity index (χ3n) is 4.70. The Hall–Kier alpha value is -0.860. The number of rotatable bonds is 5. The van der Waals surface area contributed by atoms with E-state index in [9.17, 15) is 0 Å². The molecule has 0 amide bonds. The highest BCUT2D eigenvalue weighted by Gasteiger charge is 2.27. The smallest absolute Gasteiger partial charge is 0.0473 e. The Morgan fingerprint density at radius 3 is 2.42 bits per heavy atom. The third-order valence-corrected chi connectivity index (χ3v) is 4.70. The maximum atomic E-state index is 6.10. The Kier molecular flexibility index (Phi) is 5.00. The fraction of sp³-hybridized carbons (Fsp3) is 0.647. The van der Waals surface area contributed by atoms with Crippen LogP contribution >= 0.6 is 0 Å². The van der Waals surface area contributed by atoms with Gasteiger partial charge in [-0.25, -0.2) is 0 Å². The quantitative estimate of drug-likeness (QED) is 0.877. The van der Waals surface area contributed by atoms with Crippen LogP contribution in [0.25, 0.3) is 0 Å². The number of benzene rings is 1. The molecule has 1 aromatic rings. The normalized spacial score (nSPS) is 18.2. The molecular weight excluding hydrogens is 232 g/mol. The van der Waals surface area contributed by atoms with Gasteiger partial charge in [0.15, 0.2) is 0 Å². The Morgan fingerprint density at radius 1 is 1.21 bits per heavy atom. The molecule has 2 N–H and O–H groups in total. The molecule has 0 bridgehead atoms. The molecule has 0 saturated heterocycles. The maximum Gasteiger partial charge on any atom is 0.0473 e. The van der Waals surface area contributed by atoms with Crippen molar-refractivity contribution in [2.75, 3.05) is 13.1 Å².